The lowest BCUT2D eigenvalue weighted by atomic mass is 9.78. The average molecular weight is 325 g/mol. The molecule has 1 aromatic rings. The first-order valence-corrected chi connectivity index (χ1v) is 8.13. The molecule has 0 aliphatic carbocycles. The van der Waals surface area contributed by atoms with E-state index < -0.39 is 11.9 Å². The number of nitrogens with zero attached hydrogens (tertiary/aromatic N) is 1. The Labute approximate surface area is 137 Å². The van der Waals surface area contributed by atoms with Gasteiger partial charge in [0.15, 0.2) is 11.6 Å². The molecule has 0 radical (unpaired) electrons. The molecule has 0 amide bonds. The Morgan fingerprint density at radius 1 is 1.22 bits per heavy atom. The van der Waals surface area contributed by atoms with Crippen molar-refractivity contribution in [2.75, 3.05) is 13.2 Å². The van der Waals surface area contributed by atoms with E-state index in [2.05, 4.69) is 32.6 Å². The standard InChI is InChI=1S/C18H28FNO3/c1-17(2)9-13(21)10-18(3,4)20(17)11-14(22)12-23-16-8-6-5-7-15(16)19/h5-8,13-14,21-22H,9-12H2,1-4H3. The van der Waals surface area contributed by atoms with E-state index in [4.69, 9.17) is 4.74 Å². The highest BCUT2D eigenvalue weighted by molar-refractivity contribution is 5.23. The number of aliphatic hydroxyl groups excluding tert-OH is 2. The largest absolute Gasteiger partial charge is 0.488 e. The summed E-state index contributed by atoms with van der Waals surface area (Å²) in [6.07, 6.45) is 0.265. The van der Waals surface area contributed by atoms with E-state index in [9.17, 15) is 14.6 Å². The van der Waals surface area contributed by atoms with Gasteiger partial charge in [-0.05, 0) is 52.7 Å². The molecule has 0 bridgehead atoms. The summed E-state index contributed by atoms with van der Waals surface area (Å²) >= 11 is 0. The van der Waals surface area contributed by atoms with E-state index in [1.165, 1.54) is 6.07 Å². The van der Waals surface area contributed by atoms with Crippen LogP contribution in [0.3, 0.4) is 0 Å². The first-order valence-electron chi connectivity index (χ1n) is 8.13. The second-order valence-corrected chi connectivity index (χ2v) is 7.69. The molecule has 0 aromatic heterocycles. The normalized spacial score (nSPS) is 22.7. The van der Waals surface area contributed by atoms with Gasteiger partial charge in [0.25, 0.3) is 0 Å². The number of piperidine rings is 1. The Hall–Kier alpha value is -1.17. The summed E-state index contributed by atoms with van der Waals surface area (Å²) in [4.78, 5) is 2.21. The molecule has 1 heterocycles. The number of aliphatic hydroxyl groups is 2. The molecule has 130 valence electrons. The Kier molecular flexibility index (Phi) is 5.33. The first kappa shape index (κ1) is 18.2. The molecular formula is C18H28FNO3. The quantitative estimate of drug-likeness (QED) is 0.874. The fourth-order valence-corrected chi connectivity index (χ4v) is 3.77. The maximum atomic E-state index is 13.5. The second kappa shape index (κ2) is 6.75. The van der Waals surface area contributed by atoms with Crippen LogP contribution >= 0.6 is 0 Å². The van der Waals surface area contributed by atoms with Crippen molar-refractivity contribution in [3.05, 3.63) is 30.1 Å². The number of likely N-dealkylation sites (tertiary alicyclic amines) is 1. The van der Waals surface area contributed by atoms with E-state index in [1.54, 1.807) is 18.2 Å². The van der Waals surface area contributed by atoms with E-state index >= 15 is 0 Å². The van der Waals surface area contributed by atoms with Crippen molar-refractivity contribution in [2.24, 2.45) is 0 Å². The van der Waals surface area contributed by atoms with Gasteiger partial charge in [0.05, 0.1) is 6.10 Å². The van der Waals surface area contributed by atoms with Gasteiger partial charge >= 0.3 is 0 Å². The third kappa shape index (κ3) is 4.43. The monoisotopic (exact) mass is 325 g/mol. The third-order valence-corrected chi connectivity index (χ3v) is 4.59. The van der Waals surface area contributed by atoms with Crippen LogP contribution in [-0.2, 0) is 0 Å². The van der Waals surface area contributed by atoms with Crippen molar-refractivity contribution in [2.45, 2.75) is 63.8 Å². The van der Waals surface area contributed by atoms with E-state index in [-0.39, 0.29) is 29.5 Å². The zero-order valence-corrected chi connectivity index (χ0v) is 14.4. The van der Waals surface area contributed by atoms with Crippen LogP contribution in [0.2, 0.25) is 0 Å². The molecule has 1 aliphatic rings. The lowest BCUT2D eigenvalue weighted by Gasteiger charge is -2.54. The summed E-state index contributed by atoms with van der Waals surface area (Å²) in [7, 11) is 0. The molecule has 1 aromatic carbocycles. The lowest BCUT2D eigenvalue weighted by Crippen LogP contribution is -2.63. The van der Waals surface area contributed by atoms with Crippen LogP contribution in [0.15, 0.2) is 24.3 Å². The maximum Gasteiger partial charge on any atom is 0.165 e. The minimum atomic E-state index is -0.733. The van der Waals surface area contributed by atoms with Crippen LogP contribution in [0.5, 0.6) is 5.75 Å². The minimum Gasteiger partial charge on any atom is -0.488 e. The topological polar surface area (TPSA) is 52.9 Å². The first-order chi connectivity index (χ1) is 10.6. The summed E-state index contributed by atoms with van der Waals surface area (Å²) in [5.41, 5.74) is -0.444. The van der Waals surface area contributed by atoms with Gasteiger partial charge in [0.1, 0.15) is 12.7 Å². The van der Waals surface area contributed by atoms with Crippen LogP contribution in [0.1, 0.15) is 40.5 Å². The molecule has 1 aliphatic heterocycles. The zero-order valence-electron chi connectivity index (χ0n) is 14.4. The van der Waals surface area contributed by atoms with Crippen molar-refractivity contribution in [1.82, 2.24) is 4.90 Å². The van der Waals surface area contributed by atoms with Crippen LogP contribution in [0.4, 0.5) is 4.39 Å². The highest BCUT2D eigenvalue weighted by atomic mass is 19.1. The smallest absolute Gasteiger partial charge is 0.165 e. The highest BCUT2D eigenvalue weighted by Gasteiger charge is 2.45. The maximum absolute atomic E-state index is 13.5. The van der Waals surface area contributed by atoms with Crippen molar-refractivity contribution in [3.8, 4) is 5.75 Å². The van der Waals surface area contributed by atoms with Gasteiger partial charge in [-0.3, -0.25) is 4.90 Å². The number of halogens is 1. The van der Waals surface area contributed by atoms with Gasteiger partial charge in [-0.2, -0.15) is 0 Å². The minimum absolute atomic E-state index is 0.0339. The summed E-state index contributed by atoms with van der Waals surface area (Å²) in [5.74, 6) is -0.277. The Morgan fingerprint density at radius 3 is 2.35 bits per heavy atom. The van der Waals surface area contributed by atoms with Crippen molar-refractivity contribution >= 4 is 0 Å². The number of rotatable bonds is 5. The summed E-state index contributed by atoms with van der Waals surface area (Å²) in [5, 5.41) is 20.4. The molecule has 1 unspecified atom stereocenters. The predicted molar refractivity (Wildman–Crippen MR) is 88.0 cm³/mol. The number of benzene rings is 1. The van der Waals surface area contributed by atoms with Crippen molar-refractivity contribution < 1.29 is 19.3 Å². The molecule has 1 atom stereocenters. The highest BCUT2D eigenvalue weighted by Crippen LogP contribution is 2.38. The van der Waals surface area contributed by atoms with Crippen LogP contribution in [-0.4, -0.2) is 51.6 Å². The van der Waals surface area contributed by atoms with Crippen LogP contribution in [0.25, 0.3) is 0 Å². The number of hydrogen-bond acceptors (Lipinski definition) is 4. The number of hydrogen-bond donors (Lipinski definition) is 2. The number of ether oxygens (including phenoxy) is 1. The Morgan fingerprint density at radius 2 is 1.78 bits per heavy atom. The molecule has 2 N–H and O–H groups in total. The van der Waals surface area contributed by atoms with E-state index in [1.807, 2.05) is 0 Å². The number of β-amino-alcohol motifs (C(OH)–C–C–N with tert-alkyl or cyclic N) is 1. The van der Waals surface area contributed by atoms with Crippen LogP contribution < -0.4 is 4.74 Å². The third-order valence-electron chi connectivity index (χ3n) is 4.59. The molecule has 5 heteroatoms. The van der Waals surface area contributed by atoms with Crippen LogP contribution in [0, 0.1) is 5.82 Å². The van der Waals surface area contributed by atoms with Gasteiger partial charge in [0, 0.05) is 17.6 Å². The summed E-state index contributed by atoms with van der Waals surface area (Å²) < 4.78 is 18.9. The second-order valence-electron chi connectivity index (χ2n) is 7.69. The Bertz CT molecular complexity index is 515. The van der Waals surface area contributed by atoms with Crippen molar-refractivity contribution in [1.29, 1.82) is 0 Å². The molecular weight excluding hydrogens is 297 g/mol. The fraction of sp³-hybridized carbons (Fsp3) is 0.667. The number of para-hydroxylation sites is 1. The average Bonchev–Trinajstić information content (AvgIpc) is 2.41. The van der Waals surface area contributed by atoms with Gasteiger partial charge in [0.2, 0.25) is 0 Å². The molecule has 1 fully saturated rings. The van der Waals surface area contributed by atoms with Gasteiger partial charge in [-0.1, -0.05) is 12.1 Å². The molecule has 0 spiro atoms. The fourth-order valence-electron chi connectivity index (χ4n) is 3.77. The SMILES string of the molecule is CC1(C)CC(O)CC(C)(C)N1CC(O)COc1ccccc1F. The summed E-state index contributed by atoms with van der Waals surface area (Å²) in [6.45, 7) is 8.74. The van der Waals surface area contributed by atoms with Gasteiger partial charge in [-0.25, -0.2) is 4.39 Å². The van der Waals surface area contributed by atoms with Crippen molar-refractivity contribution in [3.63, 3.8) is 0 Å². The summed E-state index contributed by atoms with van der Waals surface area (Å²) in [6, 6.07) is 6.18. The molecule has 1 saturated heterocycles. The van der Waals surface area contributed by atoms with Gasteiger partial charge in [-0.15, -0.1) is 0 Å². The van der Waals surface area contributed by atoms with Gasteiger partial charge < -0.3 is 14.9 Å². The van der Waals surface area contributed by atoms with E-state index in [0.29, 0.717) is 19.4 Å². The molecule has 2 rings (SSSR count). The molecule has 23 heavy (non-hydrogen) atoms. The Balaban J connectivity index is 1.98. The zero-order chi connectivity index (χ0) is 17.3. The molecule has 4 nitrogen and oxygen atoms in total. The van der Waals surface area contributed by atoms with E-state index in [0.717, 1.165) is 0 Å². The lowest BCUT2D eigenvalue weighted by molar-refractivity contribution is -0.100. The molecule has 0 saturated carbocycles. The predicted octanol–water partition coefficient (Wildman–Crippen LogP) is 2.58.